The molecule has 0 saturated heterocycles. The summed E-state index contributed by atoms with van der Waals surface area (Å²) in [5.74, 6) is -0.00837. The van der Waals surface area contributed by atoms with E-state index in [4.69, 9.17) is 9.84 Å². The third-order valence-corrected chi connectivity index (χ3v) is 3.93. The van der Waals surface area contributed by atoms with Crippen LogP contribution in [0.1, 0.15) is 38.2 Å². The van der Waals surface area contributed by atoms with E-state index in [2.05, 4.69) is 19.9 Å². The van der Waals surface area contributed by atoms with Crippen molar-refractivity contribution < 1.29 is 14.6 Å². The Balaban J connectivity index is 2.34. The van der Waals surface area contributed by atoms with E-state index in [1.165, 1.54) is 11.1 Å². The quantitative estimate of drug-likeness (QED) is 0.846. The van der Waals surface area contributed by atoms with E-state index in [9.17, 15) is 4.79 Å². The number of carboxylic acids is 1. The van der Waals surface area contributed by atoms with Crippen molar-refractivity contribution in [1.29, 1.82) is 0 Å². The second-order valence-electron chi connectivity index (χ2n) is 5.32. The van der Waals surface area contributed by atoms with E-state index in [0.717, 1.165) is 22.4 Å². The summed E-state index contributed by atoms with van der Waals surface area (Å²) in [5, 5.41) is 8.91. The molecule has 114 valence electrons. The largest absolute Gasteiger partial charge is 0.496 e. The molecule has 0 aromatic heterocycles. The highest BCUT2D eigenvalue weighted by atomic mass is 16.5. The molecule has 2 aromatic carbocycles. The highest BCUT2D eigenvalue weighted by Gasteiger charge is 2.08. The average molecular weight is 296 g/mol. The Kier molecular flexibility index (Phi) is 4.66. The zero-order chi connectivity index (χ0) is 16.3. The second kappa shape index (κ2) is 6.48. The Bertz CT molecular complexity index is 725. The van der Waals surface area contributed by atoms with Crippen molar-refractivity contribution >= 4 is 18.1 Å². The van der Waals surface area contributed by atoms with E-state index in [1.807, 2.05) is 19.1 Å². The van der Waals surface area contributed by atoms with Gasteiger partial charge in [-0.15, -0.1) is 0 Å². The highest BCUT2D eigenvalue weighted by Crippen LogP contribution is 2.28. The smallest absolute Gasteiger partial charge is 0.335 e. The van der Waals surface area contributed by atoms with Crippen LogP contribution < -0.4 is 4.74 Å². The van der Waals surface area contributed by atoms with Crippen molar-refractivity contribution in [3.63, 3.8) is 0 Å². The lowest BCUT2D eigenvalue weighted by Gasteiger charge is -2.13. The van der Waals surface area contributed by atoms with Crippen LogP contribution in [0.15, 0.2) is 30.3 Å². The fourth-order valence-corrected chi connectivity index (χ4v) is 2.45. The molecular formula is C19H20O3. The zero-order valence-electron chi connectivity index (χ0n) is 13.3. The van der Waals surface area contributed by atoms with Crippen molar-refractivity contribution in [3.05, 3.63) is 63.7 Å². The molecule has 0 aliphatic carbocycles. The zero-order valence-corrected chi connectivity index (χ0v) is 13.3. The number of benzene rings is 2. The average Bonchev–Trinajstić information content (AvgIpc) is 2.51. The van der Waals surface area contributed by atoms with E-state index in [-0.39, 0.29) is 0 Å². The number of aromatic carboxylic acids is 1. The molecular weight excluding hydrogens is 276 g/mol. The molecule has 2 aromatic rings. The molecule has 0 aliphatic heterocycles. The standard InChI is InChI=1S/C19H20O3/c1-12-11-18(22-4)14(3)13(2)17(12)10-7-15-5-8-16(9-6-15)19(20)21/h5-11H,1-4H3,(H,20,21)/b10-7+. The summed E-state index contributed by atoms with van der Waals surface area (Å²) in [6.45, 7) is 6.19. The molecule has 0 bridgehead atoms. The normalized spacial score (nSPS) is 10.9. The van der Waals surface area contributed by atoms with Gasteiger partial charge in [0.1, 0.15) is 5.75 Å². The van der Waals surface area contributed by atoms with Gasteiger partial charge in [-0.3, -0.25) is 0 Å². The number of aryl methyl sites for hydroxylation is 1. The number of hydrogen-bond donors (Lipinski definition) is 1. The molecule has 3 heteroatoms. The summed E-state index contributed by atoms with van der Waals surface area (Å²) in [5.41, 5.74) is 5.91. The molecule has 0 heterocycles. The third-order valence-electron chi connectivity index (χ3n) is 3.93. The molecule has 0 fully saturated rings. The van der Waals surface area contributed by atoms with Crippen LogP contribution in [-0.2, 0) is 0 Å². The first kappa shape index (κ1) is 15.8. The van der Waals surface area contributed by atoms with Gasteiger partial charge >= 0.3 is 5.97 Å². The van der Waals surface area contributed by atoms with Crippen LogP contribution in [0, 0.1) is 20.8 Å². The van der Waals surface area contributed by atoms with Crippen molar-refractivity contribution in [3.8, 4) is 5.75 Å². The van der Waals surface area contributed by atoms with E-state index in [0.29, 0.717) is 5.56 Å². The molecule has 0 amide bonds. The van der Waals surface area contributed by atoms with Crippen molar-refractivity contribution in [2.45, 2.75) is 20.8 Å². The summed E-state index contributed by atoms with van der Waals surface area (Å²) in [7, 11) is 1.68. The SMILES string of the molecule is COc1cc(C)c(/C=C/c2ccc(C(=O)O)cc2)c(C)c1C. The minimum absolute atomic E-state index is 0.296. The van der Waals surface area contributed by atoms with Crippen LogP contribution in [0.3, 0.4) is 0 Å². The molecule has 2 rings (SSSR count). The van der Waals surface area contributed by atoms with E-state index >= 15 is 0 Å². The lowest BCUT2D eigenvalue weighted by Crippen LogP contribution is -1.96. The lowest BCUT2D eigenvalue weighted by molar-refractivity contribution is 0.0697. The second-order valence-corrected chi connectivity index (χ2v) is 5.32. The summed E-state index contributed by atoms with van der Waals surface area (Å²) < 4.78 is 5.38. The van der Waals surface area contributed by atoms with Gasteiger partial charge in [0, 0.05) is 0 Å². The molecule has 0 spiro atoms. The maximum absolute atomic E-state index is 10.8. The van der Waals surface area contributed by atoms with Crippen molar-refractivity contribution in [1.82, 2.24) is 0 Å². The number of carbonyl (C=O) groups is 1. The number of methoxy groups -OCH3 is 1. The van der Waals surface area contributed by atoms with E-state index < -0.39 is 5.97 Å². The van der Waals surface area contributed by atoms with Gasteiger partial charge in [0.05, 0.1) is 12.7 Å². The van der Waals surface area contributed by atoms with Crippen molar-refractivity contribution in [2.24, 2.45) is 0 Å². The minimum atomic E-state index is -0.909. The van der Waals surface area contributed by atoms with Gasteiger partial charge < -0.3 is 9.84 Å². The molecule has 1 N–H and O–H groups in total. The summed E-state index contributed by atoms with van der Waals surface area (Å²) >= 11 is 0. The predicted molar refractivity (Wildman–Crippen MR) is 89.5 cm³/mol. The van der Waals surface area contributed by atoms with Crippen molar-refractivity contribution in [2.75, 3.05) is 7.11 Å². The van der Waals surface area contributed by atoms with Gasteiger partial charge in [-0.2, -0.15) is 0 Å². The van der Waals surface area contributed by atoms with E-state index in [1.54, 1.807) is 31.4 Å². The molecule has 3 nitrogen and oxygen atoms in total. The molecule has 0 saturated carbocycles. The van der Waals surface area contributed by atoms with Gasteiger partial charge in [-0.25, -0.2) is 4.79 Å². The van der Waals surface area contributed by atoms with Gasteiger partial charge in [-0.1, -0.05) is 24.3 Å². The summed E-state index contributed by atoms with van der Waals surface area (Å²) in [6, 6.07) is 8.87. The number of hydrogen-bond acceptors (Lipinski definition) is 2. The first-order chi connectivity index (χ1) is 10.4. The fourth-order valence-electron chi connectivity index (χ4n) is 2.45. The van der Waals surface area contributed by atoms with Gasteiger partial charge in [-0.05, 0) is 66.8 Å². The highest BCUT2D eigenvalue weighted by molar-refractivity contribution is 5.88. The number of ether oxygens (including phenoxy) is 1. The first-order valence-electron chi connectivity index (χ1n) is 7.10. The summed E-state index contributed by atoms with van der Waals surface area (Å²) in [4.78, 5) is 10.8. The topological polar surface area (TPSA) is 46.5 Å². The Hall–Kier alpha value is -2.55. The Morgan fingerprint density at radius 3 is 2.23 bits per heavy atom. The number of carboxylic acid groups (broad SMARTS) is 1. The maximum Gasteiger partial charge on any atom is 0.335 e. The molecule has 0 radical (unpaired) electrons. The van der Waals surface area contributed by atoms with Crippen LogP contribution in [0.2, 0.25) is 0 Å². The Morgan fingerprint density at radius 2 is 1.68 bits per heavy atom. The predicted octanol–water partition coefficient (Wildman–Crippen LogP) is 4.49. The molecule has 0 unspecified atom stereocenters. The molecule has 22 heavy (non-hydrogen) atoms. The van der Waals surface area contributed by atoms with Crippen LogP contribution in [0.5, 0.6) is 5.75 Å². The fraction of sp³-hybridized carbons (Fsp3) is 0.211. The van der Waals surface area contributed by atoms with Crippen LogP contribution in [0.25, 0.3) is 12.2 Å². The lowest BCUT2D eigenvalue weighted by atomic mass is 9.96. The molecule has 0 aliphatic rings. The van der Waals surface area contributed by atoms with Crippen LogP contribution >= 0.6 is 0 Å². The Labute approximate surface area is 130 Å². The van der Waals surface area contributed by atoms with Gasteiger partial charge in [0.15, 0.2) is 0 Å². The number of rotatable bonds is 4. The first-order valence-corrected chi connectivity index (χ1v) is 7.10. The van der Waals surface area contributed by atoms with Crippen LogP contribution in [0.4, 0.5) is 0 Å². The third kappa shape index (κ3) is 3.19. The van der Waals surface area contributed by atoms with Crippen LogP contribution in [-0.4, -0.2) is 18.2 Å². The summed E-state index contributed by atoms with van der Waals surface area (Å²) in [6.07, 6.45) is 4.06. The minimum Gasteiger partial charge on any atom is -0.496 e. The molecule has 0 atom stereocenters. The van der Waals surface area contributed by atoms with Gasteiger partial charge in [0.25, 0.3) is 0 Å². The monoisotopic (exact) mass is 296 g/mol. The Morgan fingerprint density at radius 1 is 1.05 bits per heavy atom. The maximum atomic E-state index is 10.8. The van der Waals surface area contributed by atoms with Gasteiger partial charge in [0.2, 0.25) is 0 Å².